The van der Waals surface area contributed by atoms with E-state index in [1.165, 1.54) is 0 Å². The van der Waals surface area contributed by atoms with Gasteiger partial charge in [-0.1, -0.05) is 30.3 Å². The molecule has 0 bridgehead atoms. The van der Waals surface area contributed by atoms with E-state index in [4.69, 9.17) is 5.73 Å². The van der Waals surface area contributed by atoms with Gasteiger partial charge in [0.25, 0.3) is 0 Å². The lowest BCUT2D eigenvalue weighted by Gasteiger charge is -2.15. The van der Waals surface area contributed by atoms with Crippen LogP contribution in [0.15, 0.2) is 47.4 Å². The third-order valence-corrected chi connectivity index (χ3v) is 4.51. The number of halogens is 2. The van der Waals surface area contributed by atoms with Gasteiger partial charge < -0.3 is 5.73 Å². The summed E-state index contributed by atoms with van der Waals surface area (Å²) < 4.78 is 54.0. The number of hydrogen-bond donors (Lipinski definition) is 2. The lowest BCUT2D eigenvalue weighted by Crippen LogP contribution is -2.28. The molecule has 0 heterocycles. The van der Waals surface area contributed by atoms with Gasteiger partial charge in [-0.3, -0.25) is 0 Å². The first-order valence-electron chi connectivity index (χ1n) is 6.13. The fourth-order valence-electron chi connectivity index (χ4n) is 1.94. The molecule has 7 heteroatoms. The summed E-state index contributed by atoms with van der Waals surface area (Å²) >= 11 is 0. The van der Waals surface area contributed by atoms with Crippen molar-refractivity contribution in [3.63, 3.8) is 0 Å². The SMILES string of the molecule is C[C@@H](NS(=O)(=O)c1c(F)cc(N)cc1F)c1ccccc1. The molecule has 112 valence electrons. The minimum atomic E-state index is -4.34. The first kappa shape index (κ1) is 15.4. The van der Waals surface area contributed by atoms with Crippen LogP contribution < -0.4 is 10.5 Å². The first-order chi connectivity index (χ1) is 9.81. The Kier molecular flexibility index (Phi) is 4.24. The van der Waals surface area contributed by atoms with Gasteiger partial charge in [0, 0.05) is 11.7 Å². The maximum atomic E-state index is 13.7. The molecule has 0 amide bonds. The molecule has 0 unspecified atom stereocenters. The predicted molar refractivity (Wildman–Crippen MR) is 75.9 cm³/mol. The Morgan fingerprint density at radius 3 is 2.14 bits per heavy atom. The molecule has 3 N–H and O–H groups in total. The third kappa shape index (κ3) is 3.37. The summed E-state index contributed by atoms with van der Waals surface area (Å²) in [5, 5.41) is 0. The number of nitrogen functional groups attached to an aromatic ring is 1. The highest BCUT2D eigenvalue weighted by Gasteiger charge is 2.26. The Morgan fingerprint density at radius 1 is 1.10 bits per heavy atom. The zero-order chi connectivity index (χ0) is 15.6. The molecule has 0 aliphatic heterocycles. The van der Waals surface area contributed by atoms with Crippen molar-refractivity contribution < 1.29 is 17.2 Å². The molecule has 0 saturated carbocycles. The lowest BCUT2D eigenvalue weighted by molar-refractivity contribution is 0.510. The lowest BCUT2D eigenvalue weighted by atomic mass is 10.1. The van der Waals surface area contributed by atoms with Gasteiger partial charge in [0.1, 0.15) is 11.6 Å². The molecule has 0 radical (unpaired) electrons. The van der Waals surface area contributed by atoms with Crippen molar-refractivity contribution in [3.8, 4) is 0 Å². The van der Waals surface area contributed by atoms with Crippen LogP contribution in [-0.2, 0) is 10.0 Å². The van der Waals surface area contributed by atoms with E-state index < -0.39 is 32.6 Å². The minimum absolute atomic E-state index is 0.181. The molecule has 0 saturated heterocycles. The van der Waals surface area contributed by atoms with Gasteiger partial charge in [-0.25, -0.2) is 21.9 Å². The third-order valence-electron chi connectivity index (χ3n) is 2.92. The molecule has 4 nitrogen and oxygen atoms in total. The number of nitrogens with two attached hydrogens (primary N) is 1. The van der Waals surface area contributed by atoms with Crippen LogP contribution in [0.2, 0.25) is 0 Å². The quantitative estimate of drug-likeness (QED) is 0.852. The molecule has 0 aliphatic rings. The van der Waals surface area contributed by atoms with E-state index >= 15 is 0 Å². The number of sulfonamides is 1. The molecule has 2 aromatic carbocycles. The summed E-state index contributed by atoms with van der Waals surface area (Å²) in [5.41, 5.74) is 5.77. The summed E-state index contributed by atoms with van der Waals surface area (Å²) in [6.45, 7) is 1.58. The van der Waals surface area contributed by atoms with Gasteiger partial charge in [0.05, 0.1) is 0 Å². The fraction of sp³-hybridized carbons (Fsp3) is 0.143. The highest BCUT2D eigenvalue weighted by atomic mass is 32.2. The van der Waals surface area contributed by atoms with Crippen LogP contribution in [0.5, 0.6) is 0 Å². The van der Waals surface area contributed by atoms with Gasteiger partial charge in [-0.2, -0.15) is 0 Å². The van der Waals surface area contributed by atoms with Crippen molar-refractivity contribution in [2.24, 2.45) is 0 Å². The van der Waals surface area contributed by atoms with Crippen molar-refractivity contribution in [2.75, 3.05) is 5.73 Å². The van der Waals surface area contributed by atoms with Gasteiger partial charge in [-0.05, 0) is 24.6 Å². The molecule has 2 rings (SSSR count). The van der Waals surface area contributed by atoms with Crippen LogP contribution in [0, 0.1) is 11.6 Å². The summed E-state index contributed by atoms with van der Waals surface area (Å²) in [5.74, 6) is -2.44. The van der Waals surface area contributed by atoms with Crippen LogP contribution in [0.4, 0.5) is 14.5 Å². The maximum absolute atomic E-state index is 13.7. The Hall–Kier alpha value is -1.99. The second kappa shape index (κ2) is 5.79. The number of nitrogens with one attached hydrogen (secondary N) is 1. The summed E-state index contributed by atoms with van der Waals surface area (Å²) in [6.07, 6.45) is 0. The molecule has 2 aromatic rings. The van der Waals surface area contributed by atoms with Gasteiger partial charge >= 0.3 is 0 Å². The van der Waals surface area contributed by atoms with E-state index in [1.54, 1.807) is 37.3 Å². The zero-order valence-electron chi connectivity index (χ0n) is 11.2. The Balaban J connectivity index is 2.36. The van der Waals surface area contributed by atoms with E-state index in [2.05, 4.69) is 4.72 Å². The first-order valence-corrected chi connectivity index (χ1v) is 7.61. The molecule has 1 atom stereocenters. The van der Waals surface area contributed by atoms with Crippen molar-refractivity contribution in [2.45, 2.75) is 17.9 Å². The summed E-state index contributed by atoms with van der Waals surface area (Å²) in [4.78, 5) is -1.03. The fourth-order valence-corrected chi connectivity index (χ4v) is 3.29. The standard InChI is InChI=1S/C14H14F2N2O2S/c1-9(10-5-3-2-4-6-10)18-21(19,20)14-12(15)7-11(17)8-13(14)16/h2-9,18H,17H2,1H3/t9-/m1/s1. The summed E-state index contributed by atoms with van der Waals surface area (Å²) in [6, 6.07) is 9.59. The Morgan fingerprint density at radius 2 is 1.62 bits per heavy atom. The van der Waals surface area contributed by atoms with Crippen LogP contribution in [0.25, 0.3) is 0 Å². The summed E-state index contributed by atoms with van der Waals surface area (Å²) in [7, 11) is -4.34. The van der Waals surface area contributed by atoms with E-state index in [9.17, 15) is 17.2 Å². The number of rotatable bonds is 4. The minimum Gasteiger partial charge on any atom is -0.399 e. The van der Waals surface area contributed by atoms with Crippen LogP contribution in [0.1, 0.15) is 18.5 Å². The maximum Gasteiger partial charge on any atom is 0.246 e. The highest BCUT2D eigenvalue weighted by Crippen LogP contribution is 2.23. The van der Waals surface area contributed by atoms with Crippen LogP contribution in [-0.4, -0.2) is 8.42 Å². The van der Waals surface area contributed by atoms with E-state index in [1.807, 2.05) is 0 Å². The van der Waals surface area contributed by atoms with Gasteiger partial charge in [0.2, 0.25) is 10.0 Å². The van der Waals surface area contributed by atoms with Crippen LogP contribution in [0.3, 0.4) is 0 Å². The molecule has 0 spiro atoms. The average Bonchev–Trinajstić information content (AvgIpc) is 2.37. The van der Waals surface area contributed by atoms with Gasteiger partial charge in [-0.15, -0.1) is 0 Å². The molecule has 0 fully saturated rings. The van der Waals surface area contributed by atoms with Crippen molar-refractivity contribution in [1.82, 2.24) is 4.72 Å². The Labute approximate surface area is 121 Å². The smallest absolute Gasteiger partial charge is 0.246 e. The molecule has 0 aliphatic carbocycles. The highest BCUT2D eigenvalue weighted by molar-refractivity contribution is 7.89. The van der Waals surface area contributed by atoms with Crippen molar-refractivity contribution in [3.05, 3.63) is 59.7 Å². The van der Waals surface area contributed by atoms with E-state index in [-0.39, 0.29) is 5.69 Å². The normalized spacial score (nSPS) is 13.1. The number of anilines is 1. The van der Waals surface area contributed by atoms with Crippen molar-refractivity contribution >= 4 is 15.7 Å². The van der Waals surface area contributed by atoms with Gasteiger partial charge in [0.15, 0.2) is 4.90 Å². The van der Waals surface area contributed by atoms with E-state index in [0.717, 1.165) is 12.1 Å². The zero-order valence-corrected chi connectivity index (χ0v) is 12.0. The predicted octanol–water partition coefficient (Wildman–Crippen LogP) is 2.59. The second-order valence-electron chi connectivity index (χ2n) is 4.57. The number of benzene rings is 2. The largest absolute Gasteiger partial charge is 0.399 e. The molecule has 0 aromatic heterocycles. The van der Waals surface area contributed by atoms with Crippen molar-refractivity contribution in [1.29, 1.82) is 0 Å². The molecular weight excluding hydrogens is 298 g/mol. The number of hydrogen-bond acceptors (Lipinski definition) is 3. The Bertz CT molecular complexity index is 726. The van der Waals surface area contributed by atoms with Crippen LogP contribution >= 0.6 is 0 Å². The topological polar surface area (TPSA) is 72.2 Å². The monoisotopic (exact) mass is 312 g/mol. The molecule has 21 heavy (non-hydrogen) atoms. The second-order valence-corrected chi connectivity index (χ2v) is 6.22. The van der Waals surface area contributed by atoms with E-state index in [0.29, 0.717) is 5.56 Å². The molecular formula is C14H14F2N2O2S. The average molecular weight is 312 g/mol.